The number of benzene rings is 1. The van der Waals surface area contributed by atoms with Crippen LogP contribution >= 0.6 is 15.9 Å². The van der Waals surface area contributed by atoms with Crippen molar-refractivity contribution in [3.63, 3.8) is 0 Å². The zero-order valence-electron chi connectivity index (χ0n) is 9.03. The van der Waals surface area contributed by atoms with E-state index in [4.69, 9.17) is 5.73 Å². The van der Waals surface area contributed by atoms with Crippen LogP contribution in [0.2, 0.25) is 0 Å². The van der Waals surface area contributed by atoms with Gasteiger partial charge in [-0.05, 0) is 41.1 Å². The highest BCUT2D eigenvalue weighted by Crippen LogP contribution is 2.22. The summed E-state index contributed by atoms with van der Waals surface area (Å²) in [5.41, 5.74) is 5.96. The van der Waals surface area contributed by atoms with E-state index < -0.39 is 16.1 Å². The Morgan fingerprint density at radius 2 is 2.12 bits per heavy atom. The average molecular weight is 322 g/mol. The molecule has 2 amide bonds. The molecule has 8 heteroatoms. The Morgan fingerprint density at radius 3 is 2.65 bits per heavy atom. The lowest BCUT2D eigenvalue weighted by Crippen LogP contribution is -2.39. The molecular formula is C9H12BrN3O3S. The van der Waals surface area contributed by atoms with E-state index in [0.717, 1.165) is 0 Å². The summed E-state index contributed by atoms with van der Waals surface area (Å²) in [6, 6.07) is 3.33. The molecule has 0 aromatic heterocycles. The summed E-state index contributed by atoms with van der Waals surface area (Å²) in [5, 5.41) is 2.33. The first kappa shape index (κ1) is 13.8. The summed E-state index contributed by atoms with van der Waals surface area (Å²) in [5.74, 6) is 0. The van der Waals surface area contributed by atoms with E-state index in [9.17, 15) is 13.2 Å². The maximum atomic E-state index is 11.7. The van der Waals surface area contributed by atoms with Crippen LogP contribution in [0.1, 0.15) is 6.92 Å². The zero-order chi connectivity index (χ0) is 13.1. The molecule has 0 fully saturated rings. The molecule has 0 atom stereocenters. The van der Waals surface area contributed by atoms with Gasteiger partial charge in [0.1, 0.15) is 0 Å². The number of halogens is 1. The van der Waals surface area contributed by atoms with Crippen molar-refractivity contribution < 1.29 is 13.2 Å². The van der Waals surface area contributed by atoms with Gasteiger partial charge in [0.15, 0.2) is 0 Å². The Labute approximate surface area is 108 Å². The minimum Gasteiger partial charge on any atom is -0.398 e. The Bertz CT molecular complexity index is 530. The SMILES string of the molecule is CCNC(=O)NS(=O)(=O)c1ccc(N)c(Br)c1. The highest BCUT2D eigenvalue weighted by atomic mass is 79.9. The monoisotopic (exact) mass is 321 g/mol. The summed E-state index contributed by atoms with van der Waals surface area (Å²) in [6.07, 6.45) is 0. The number of carbonyl (C=O) groups excluding carboxylic acids is 1. The smallest absolute Gasteiger partial charge is 0.328 e. The van der Waals surface area contributed by atoms with Gasteiger partial charge in [0.2, 0.25) is 0 Å². The van der Waals surface area contributed by atoms with Gasteiger partial charge in [0.25, 0.3) is 10.0 Å². The van der Waals surface area contributed by atoms with Crippen LogP contribution in [0, 0.1) is 0 Å². The number of anilines is 1. The van der Waals surface area contributed by atoms with Gasteiger partial charge in [0, 0.05) is 16.7 Å². The molecular weight excluding hydrogens is 310 g/mol. The number of rotatable bonds is 3. The molecule has 0 saturated heterocycles. The van der Waals surface area contributed by atoms with Crippen LogP contribution in [0.4, 0.5) is 10.5 Å². The second-order valence-corrected chi connectivity index (χ2v) is 5.69. The van der Waals surface area contributed by atoms with Crippen molar-refractivity contribution in [2.45, 2.75) is 11.8 Å². The maximum Gasteiger partial charge on any atom is 0.328 e. The molecule has 94 valence electrons. The summed E-state index contributed by atoms with van der Waals surface area (Å²) >= 11 is 3.12. The van der Waals surface area contributed by atoms with E-state index in [-0.39, 0.29) is 4.90 Å². The highest BCUT2D eigenvalue weighted by Gasteiger charge is 2.17. The number of nitrogens with two attached hydrogens (primary N) is 1. The van der Waals surface area contributed by atoms with E-state index in [2.05, 4.69) is 21.2 Å². The number of amides is 2. The lowest BCUT2D eigenvalue weighted by molar-refractivity contribution is 0.246. The lowest BCUT2D eigenvalue weighted by atomic mass is 10.3. The first-order valence-corrected chi connectivity index (χ1v) is 7.00. The molecule has 17 heavy (non-hydrogen) atoms. The number of carbonyl (C=O) groups is 1. The molecule has 0 aliphatic heterocycles. The fourth-order valence-electron chi connectivity index (χ4n) is 1.05. The number of hydrogen-bond donors (Lipinski definition) is 3. The third-order valence-electron chi connectivity index (χ3n) is 1.85. The predicted molar refractivity (Wildman–Crippen MR) is 67.9 cm³/mol. The Hall–Kier alpha value is -1.28. The summed E-state index contributed by atoms with van der Waals surface area (Å²) < 4.78 is 25.8. The van der Waals surface area contributed by atoms with Crippen molar-refractivity contribution in [2.24, 2.45) is 0 Å². The van der Waals surface area contributed by atoms with Crippen LogP contribution in [0.25, 0.3) is 0 Å². The van der Waals surface area contributed by atoms with E-state index >= 15 is 0 Å². The van der Waals surface area contributed by atoms with Crippen molar-refractivity contribution in [1.82, 2.24) is 10.0 Å². The van der Waals surface area contributed by atoms with Crippen molar-refractivity contribution in [1.29, 1.82) is 0 Å². The topological polar surface area (TPSA) is 101 Å². The quantitative estimate of drug-likeness (QED) is 0.724. The summed E-state index contributed by atoms with van der Waals surface area (Å²) in [6.45, 7) is 2.03. The van der Waals surface area contributed by atoms with Gasteiger partial charge in [-0.2, -0.15) is 0 Å². The van der Waals surface area contributed by atoms with E-state index in [1.165, 1.54) is 18.2 Å². The van der Waals surface area contributed by atoms with Crippen molar-refractivity contribution in [2.75, 3.05) is 12.3 Å². The number of urea groups is 1. The molecule has 4 N–H and O–H groups in total. The van der Waals surface area contributed by atoms with Crippen LogP contribution in [0.15, 0.2) is 27.6 Å². The summed E-state index contributed by atoms with van der Waals surface area (Å²) in [7, 11) is -3.87. The molecule has 1 rings (SSSR count). The molecule has 6 nitrogen and oxygen atoms in total. The molecule has 0 radical (unpaired) electrons. The average Bonchev–Trinajstić information content (AvgIpc) is 2.21. The maximum absolute atomic E-state index is 11.7. The second kappa shape index (κ2) is 5.37. The third-order valence-corrected chi connectivity index (χ3v) is 3.86. The van der Waals surface area contributed by atoms with Crippen molar-refractivity contribution in [3.8, 4) is 0 Å². The number of nitrogens with one attached hydrogen (secondary N) is 2. The zero-order valence-corrected chi connectivity index (χ0v) is 11.4. The highest BCUT2D eigenvalue weighted by molar-refractivity contribution is 9.10. The van der Waals surface area contributed by atoms with Crippen LogP contribution in [0.5, 0.6) is 0 Å². The minimum atomic E-state index is -3.87. The van der Waals surface area contributed by atoms with Gasteiger partial charge in [-0.1, -0.05) is 0 Å². The van der Waals surface area contributed by atoms with E-state index in [0.29, 0.717) is 16.7 Å². The molecule has 0 heterocycles. The first-order valence-electron chi connectivity index (χ1n) is 4.72. The molecule has 0 saturated carbocycles. The van der Waals surface area contributed by atoms with Gasteiger partial charge in [-0.3, -0.25) is 0 Å². The van der Waals surface area contributed by atoms with Crippen LogP contribution in [-0.2, 0) is 10.0 Å². The molecule has 1 aromatic rings. The molecule has 0 aliphatic carbocycles. The lowest BCUT2D eigenvalue weighted by Gasteiger charge is -2.08. The van der Waals surface area contributed by atoms with Crippen LogP contribution < -0.4 is 15.8 Å². The second-order valence-electron chi connectivity index (χ2n) is 3.15. The minimum absolute atomic E-state index is 0.0372. The van der Waals surface area contributed by atoms with E-state index in [1.807, 2.05) is 4.72 Å². The van der Waals surface area contributed by atoms with Crippen molar-refractivity contribution in [3.05, 3.63) is 22.7 Å². The predicted octanol–water partition coefficient (Wildman–Crippen LogP) is 1.04. The van der Waals surface area contributed by atoms with Crippen molar-refractivity contribution >= 4 is 37.7 Å². The number of hydrogen-bond acceptors (Lipinski definition) is 4. The van der Waals surface area contributed by atoms with Gasteiger partial charge < -0.3 is 11.1 Å². The van der Waals surface area contributed by atoms with Gasteiger partial charge in [-0.25, -0.2) is 17.9 Å². The van der Waals surface area contributed by atoms with Crippen LogP contribution in [-0.4, -0.2) is 21.0 Å². The Morgan fingerprint density at radius 1 is 1.47 bits per heavy atom. The summed E-state index contributed by atoms with van der Waals surface area (Å²) in [4.78, 5) is 11.1. The Balaban J connectivity index is 2.97. The molecule has 0 unspecified atom stereocenters. The fourth-order valence-corrected chi connectivity index (χ4v) is 2.54. The standard InChI is InChI=1S/C9H12BrN3O3S/c1-2-12-9(14)13-17(15,16)6-3-4-8(11)7(10)5-6/h3-5H,2,11H2,1H3,(H2,12,13,14). The third kappa shape index (κ3) is 3.60. The molecule has 0 aliphatic rings. The Kier molecular flexibility index (Phi) is 4.35. The van der Waals surface area contributed by atoms with Crippen LogP contribution in [0.3, 0.4) is 0 Å². The normalized spacial score (nSPS) is 10.9. The first-order chi connectivity index (χ1) is 7.86. The fraction of sp³-hybridized carbons (Fsp3) is 0.222. The molecule has 0 spiro atoms. The molecule has 1 aromatic carbocycles. The number of sulfonamides is 1. The van der Waals surface area contributed by atoms with Gasteiger partial charge >= 0.3 is 6.03 Å². The number of nitrogen functional groups attached to an aromatic ring is 1. The molecule has 0 bridgehead atoms. The van der Waals surface area contributed by atoms with Gasteiger partial charge in [0.05, 0.1) is 4.90 Å². The van der Waals surface area contributed by atoms with Gasteiger partial charge in [-0.15, -0.1) is 0 Å². The largest absolute Gasteiger partial charge is 0.398 e. The van der Waals surface area contributed by atoms with E-state index in [1.54, 1.807) is 6.92 Å².